The van der Waals surface area contributed by atoms with E-state index in [2.05, 4.69) is 12.2 Å². The molecule has 1 N–H and O–H groups in total. The SMILES string of the molecule is CCc1ccc(OCC(=O)Nc2c(C)cc([N+](=O)[O-])cc2CC)cc1. The highest BCUT2D eigenvalue weighted by Crippen LogP contribution is 2.27. The summed E-state index contributed by atoms with van der Waals surface area (Å²) in [6.45, 7) is 5.58. The summed E-state index contributed by atoms with van der Waals surface area (Å²) in [5.41, 5.74) is 3.23. The summed E-state index contributed by atoms with van der Waals surface area (Å²) in [4.78, 5) is 22.7. The van der Waals surface area contributed by atoms with Crippen LogP contribution in [0.3, 0.4) is 0 Å². The van der Waals surface area contributed by atoms with E-state index < -0.39 is 4.92 Å². The van der Waals surface area contributed by atoms with Crippen LogP contribution in [-0.4, -0.2) is 17.4 Å². The second kappa shape index (κ2) is 8.28. The van der Waals surface area contributed by atoms with E-state index in [1.807, 2.05) is 31.2 Å². The Morgan fingerprint density at radius 3 is 2.40 bits per heavy atom. The van der Waals surface area contributed by atoms with Crippen LogP contribution in [0.2, 0.25) is 0 Å². The highest BCUT2D eigenvalue weighted by molar-refractivity contribution is 5.93. The van der Waals surface area contributed by atoms with Crippen LogP contribution >= 0.6 is 0 Å². The molecule has 0 unspecified atom stereocenters. The summed E-state index contributed by atoms with van der Waals surface area (Å²) in [5.74, 6) is 0.328. The Kier molecular flexibility index (Phi) is 6.11. The number of nitro groups is 1. The standard InChI is InChI=1S/C19H22N2O4/c1-4-14-6-8-17(9-7-14)25-12-18(22)20-19-13(3)10-16(21(23)24)11-15(19)5-2/h6-11H,4-5,12H2,1-3H3,(H,20,22). The minimum atomic E-state index is -0.430. The predicted molar refractivity (Wildman–Crippen MR) is 97.2 cm³/mol. The Labute approximate surface area is 147 Å². The molecular weight excluding hydrogens is 320 g/mol. The number of nitrogens with zero attached hydrogens (tertiary/aromatic N) is 1. The lowest BCUT2D eigenvalue weighted by molar-refractivity contribution is -0.384. The van der Waals surface area contributed by atoms with Gasteiger partial charge >= 0.3 is 0 Å². The molecule has 0 aliphatic heterocycles. The van der Waals surface area contributed by atoms with Gasteiger partial charge in [-0.15, -0.1) is 0 Å². The molecule has 0 saturated carbocycles. The number of carbonyl (C=O) groups excluding carboxylic acids is 1. The number of carbonyl (C=O) groups is 1. The average Bonchev–Trinajstić information content (AvgIpc) is 2.61. The Balaban J connectivity index is 2.05. The van der Waals surface area contributed by atoms with Gasteiger partial charge in [0.05, 0.1) is 4.92 Å². The van der Waals surface area contributed by atoms with Gasteiger partial charge in [0.15, 0.2) is 6.61 Å². The van der Waals surface area contributed by atoms with Crippen LogP contribution in [0.5, 0.6) is 5.75 Å². The summed E-state index contributed by atoms with van der Waals surface area (Å²) < 4.78 is 5.49. The lowest BCUT2D eigenvalue weighted by Gasteiger charge is -2.13. The first kappa shape index (κ1) is 18.4. The zero-order valence-electron chi connectivity index (χ0n) is 14.7. The Morgan fingerprint density at radius 2 is 1.84 bits per heavy atom. The highest BCUT2D eigenvalue weighted by Gasteiger charge is 2.15. The topological polar surface area (TPSA) is 81.5 Å². The molecule has 6 heteroatoms. The summed E-state index contributed by atoms with van der Waals surface area (Å²) in [7, 11) is 0. The van der Waals surface area contributed by atoms with E-state index in [1.165, 1.54) is 17.7 Å². The molecule has 0 bridgehead atoms. The molecule has 132 valence electrons. The highest BCUT2D eigenvalue weighted by atomic mass is 16.6. The second-order valence-electron chi connectivity index (χ2n) is 5.74. The van der Waals surface area contributed by atoms with Crippen LogP contribution in [0, 0.1) is 17.0 Å². The maximum Gasteiger partial charge on any atom is 0.270 e. The number of hydrogen-bond donors (Lipinski definition) is 1. The van der Waals surface area contributed by atoms with Gasteiger partial charge in [-0.2, -0.15) is 0 Å². The number of amides is 1. The first-order valence-electron chi connectivity index (χ1n) is 8.24. The number of anilines is 1. The molecule has 2 rings (SSSR count). The molecule has 2 aromatic rings. The van der Waals surface area contributed by atoms with Crippen molar-refractivity contribution < 1.29 is 14.5 Å². The predicted octanol–water partition coefficient (Wildman–Crippen LogP) is 4.05. The molecule has 0 fully saturated rings. The first-order chi connectivity index (χ1) is 11.9. The van der Waals surface area contributed by atoms with Crippen LogP contribution in [0.15, 0.2) is 36.4 Å². The fourth-order valence-corrected chi connectivity index (χ4v) is 2.55. The summed E-state index contributed by atoms with van der Waals surface area (Å²) >= 11 is 0. The third kappa shape index (κ3) is 4.79. The van der Waals surface area contributed by atoms with E-state index in [0.29, 0.717) is 23.4 Å². The molecule has 0 aliphatic rings. The Morgan fingerprint density at radius 1 is 1.16 bits per heavy atom. The molecule has 2 aromatic carbocycles. The number of nitrogens with one attached hydrogen (secondary N) is 1. The van der Waals surface area contributed by atoms with Crippen molar-refractivity contribution in [3.8, 4) is 5.75 Å². The van der Waals surface area contributed by atoms with Gasteiger partial charge in [-0.1, -0.05) is 26.0 Å². The van der Waals surface area contributed by atoms with Gasteiger partial charge in [-0.3, -0.25) is 14.9 Å². The Hall–Kier alpha value is -2.89. The molecule has 0 spiro atoms. The van der Waals surface area contributed by atoms with Crippen LogP contribution in [0.25, 0.3) is 0 Å². The van der Waals surface area contributed by atoms with Gasteiger partial charge in [0.25, 0.3) is 11.6 Å². The van der Waals surface area contributed by atoms with Crippen LogP contribution < -0.4 is 10.1 Å². The van der Waals surface area contributed by atoms with Crippen molar-refractivity contribution in [2.24, 2.45) is 0 Å². The lowest BCUT2D eigenvalue weighted by Crippen LogP contribution is -2.21. The molecule has 0 aliphatic carbocycles. The Bertz CT molecular complexity index is 770. The van der Waals surface area contributed by atoms with Crippen molar-refractivity contribution in [1.29, 1.82) is 0 Å². The van der Waals surface area contributed by atoms with E-state index in [1.54, 1.807) is 6.92 Å². The molecule has 6 nitrogen and oxygen atoms in total. The van der Waals surface area contributed by atoms with Crippen molar-refractivity contribution in [2.45, 2.75) is 33.6 Å². The molecular formula is C19H22N2O4. The molecule has 0 aromatic heterocycles. The number of nitro benzene ring substituents is 1. The average molecular weight is 342 g/mol. The minimum absolute atomic E-state index is 0.0274. The number of hydrogen-bond acceptors (Lipinski definition) is 4. The third-order valence-corrected chi connectivity index (χ3v) is 3.96. The van der Waals surface area contributed by atoms with Crippen molar-refractivity contribution in [2.75, 3.05) is 11.9 Å². The van der Waals surface area contributed by atoms with E-state index >= 15 is 0 Å². The van der Waals surface area contributed by atoms with E-state index in [9.17, 15) is 14.9 Å². The number of rotatable bonds is 7. The number of aryl methyl sites for hydroxylation is 3. The molecule has 0 heterocycles. The second-order valence-corrected chi connectivity index (χ2v) is 5.74. The molecule has 0 radical (unpaired) electrons. The normalized spacial score (nSPS) is 10.4. The lowest BCUT2D eigenvalue weighted by atomic mass is 10.0. The van der Waals surface area contributed by atoms with Crippen LogP contribution in [-0.2, 0) is 17.6 Å². The van der Waals surface area contributed by atoms with Crippen LogP contribution in [0.1, 0.15) is 30.5 Å². The number of non-ortho nitro benzene ring substituents is 1. The van der Waals surface area contributed by atoms with Gasteiger partial charge in [0.2, 0.25) is 0 Å². The van der Waals surface area contributed by atoms with E-state index in [-0.39, 0.29) is 18.2 Å². The summed E-state index contributed by atoms with van der Waals surface area (Å²) in [5, 5.41) is 13.8. The quantitative estimate of drug-likeness (QED) is 0.608. The smallest absolute Gasteiger partial charge is 0.270 e. The number of benzene rings is 2. The minimum Gasteiger partial charge on any atom is -0.484 e. The fraction of sp³-hybridized carbons (Fsp3) is 0.316. The van der Waals surface area contributed by atoms with Crippen LogP contribution in [0.4, 0.5) is 11.4 Å². The summed E-state index contributed by atoms with van der Waals surface area (Å²) in [6.07, 6.45) is 1.53. The summed E-state index contributed by atoms with van der Waals surface area (Å²) in [6, 6.07) is 10.5. The monoisotopic (exact) mass is 342 g/mol. The maximum atomic E-state index is 12.2. The van der Waals surface area contributed by atoms with Crippen molar-refractivity contribution in [1.82, 2.24) is 0 Å². The number of ether oxygens (including phenoxy) is 1. The largest absolute Gasteiger partial charge is 0.484 e. The van der Waals surface area contributed by atoms with Gasteiger partial charge in [0.1, 0.15) is 5.75 Å². The van der Waals surface area contributed by atoms with Crippen molar-refractivity contribution >= 4 is 17.3 Å². The zero-order chi connectivity index (χ0) is 18.4. The van der Waals surface area contributed by atoms with Gasteiger partial charge < -0.3 is 10.1 Å². The van der Waals surface area contributed by atoms with E-state index in [4.69, 9.17) is 4.74 Å². The molecule has 1 amide bonds. The van der Waals surface area contributed by atoms with Crippen molar-refractivity contribution in [3.05, 3.63) is 63.2 Å². The molecule has 25 heavy (non-hydrogen) atoms. The van der Waals surface area contributed by atoms with Gasteiger partial charge in [0, 0.05) is 17.8 Å². The molecule has 0 saturated heterocycles. The zero-order valence-corrected chi connectivity index (χ0v) is 14.7. The first-order valence-corrected chi connectivity index (χ1v) is 8.24. The third-order valence-electron chi connectivity index (χ3n) is 3.96. The van der Waals surface area contributed by atoms with Crippen molar-refractivity contribution in [3.63, 3.8) is 0 Å². The maximum absolute atomic E-state index is 12.2. The van der Waals surface area contributed by atoms with Gasteiger partial charge in [-0.25, -0.2) is 0 Å². The van der Waals surface area contributed by atoms with Gasteiger partial charge in [-0.05, 0) is 48.6 Å². The molecule has 0 atom stereocenters. The fourth-order valence-electron chi connectivity index (χ4n) is 2.55. The van der Waals surface area contributed by atoms with E-state index in [0.717, 1.165) is 12.0 Å².